The molecule has 11 nitrogen and oxygen atoms in total. The van der Waals surface area contributed by atoms with Crippen molar-refractivity contribution in [2.24, 2.45) is 17.8 Å². The van der Waals surface area contributed by atoms with Crippen LogP contribution in [0.3, 0.4) is 0 Å². The second-order valence-electron chi connectivity index (χ2n) is 12.9. The number of anilines is 2. The lowest BCUT2D eigenvalue weighted by Crippen LogP contribution is -2.48. The number of imidazole rings is 1. The van der Waals surface area contributed by atoms with E-state index in [1.807, 2.05) is 0 Å². The molecule has 3 aromatic heterocycles. The minimum Gasteiger partial charge on any atom is -0.377 e. The van der Waals surface area contributed by atoms with Crippen LogP contribution in [0, 0.1) is 17.8 Å². The van der Waals surface area contributed by atoms with E-state index in [0.29, 0.717) is 36.5 Å². The molecule has 228 valence electrons. The van der Waals surface area contributed by atoms with Crippen LogP contribution in [0.4, 0.5) is 11.8 Å². The maximum absolute atomic E-state index is 11.8. The zero-order valence-electron chi connectivity index (χ0n) is 25.2. The quantitative estimate of drug-likeness (QED) is 0.277. The molecule has 7 rings (SSSR count). The van der Waals surface area contributed by atoms with Gasteiger partial charge in [0.2, 0.25) is 17.6 Å². The van der Waals surface area contributed by atoms with Gasteiger partial charge in [-0.25, -0.2) is 14.8 Å². The largest absolute Gasteiger partial charge is 0.439 e. The molecule has 1 saturated heterocycles. The minimum atomic E-state index is -0.633. The molecule has 4 heterocycles. The van der Waals surface area contributed by atoms with Gasteiger partial charge in [-0.3, -0.25) is 9.51 Å². The van der Waals surface area contributed by atoms with Gasteiger partial charge in [-0.15, -0.1) is 0 Å². The highest BCUT2D eigenvalue weighted by molar-refractivity contribution is 5.87. The maximum Gasteiger partial charge on any atom is 0.439 e. The molecule has 0 radical (unpaired) electrons. The number of ether oxygens (including phenoxy) is 1. The monoisotopic (exact) mass is 586 g/mol. The number of H-pyrrole nitrogens is 1. The van der Waals surface area contributed by atoms with Crippen molar-refractivity contribution < 1.29 is 9.26 Å². The third-order valence-corrected chi connectivity index (χ3v) is 9.83. The molecule has 3 aliphatic rings. The average Bonchev–Trinajstić information content (AvgIpc) is 3.58. The molecule has 0 unspecified atom stereocenters. The van der Waals surface area contributed by atoms with E-state index < -0.39 is 5.76 Å². The van der Waals surface area contributed by atoms with Gasteiger partial charge >= 0.3 is 5.76 Å². The molecule has 11 heteroatoms. The average molecular weight is 587 g/mol. The number of benzene rings is 1. The van der Waals surface area contributed by atoms with Gasteiger partial charge in [0, 0.05) is 19.1 Å². The molecule has 4 aromatic rings. The summed E-state index contributed by atoms with van der Waals surface area (Å²) in [6, 6.07) is 11.0. The van der Waals surface area contributed by atoms with Crippen LogP contribution < -0.4 is 16.0 Å². The fraction of sp³-hybridized carbons (Fsp3) is 0.594. The van der Waals surface area contributed by atoms with Crippen LogP contribution in [0.5, 0.6) is 0 Å². The topological polar surface area (TPSA) is 127 Å². The van der Waals surface area contributed by atoms with Crippen LogP contribution in [-0.4, -0.2) is 61.5 Å². The third kappa shape index (κ3) is 5.91. The molecular weight excluding hydrogens is 544 g/mol. The van der Waals surface area contributed by atoms with Crippen LogP contribution in [0.15, 0.2) is 39.6 Å². The van der Waals surface area contributed by atoms with E-state index in [1.54, 1.807) is 0 Å². The molecule has 1 aromatic carbocycles. The predicted octanol–water partition coefficient (Wildman–Crippen LogP) is 5.04. The Hall–Kier alpha value is -3.73. The van der Waals surface area contributed by atoms with E-state index in [9.17, 15) is 4.79 Å². The van der Waals surface area contributed by atoms with E-state index in [4.69, 9.17) is 24.2 Å². The number of nitrogens with zero attached hydrogens (tertiary/aromatic N) is 6. The van der Waals surface area contributed by atoms with Gasteiger partial charge in [-0.2, -0.15) is 4.98 Å². The van der Waals surface area contributed by atoms with E-state index in [-0.39, 0.29) is 17.9 Å². The first-order valence-corrected chi connectivity index (χ1v) is 16.0. The van der Waals surface area contributed by atoms with E-state index in [0.717, 1.165) is 42.7 Å². The molecule has 2 atom stereocenters. The normalized spacial score (nSPS) is 23.8. The van der Waals surface area contributed by atoms with E-state index in [1.165, 1.54) is 50.5 Å². The van der Waals surface area contributed by atoms with Crippen molar-refractivity contribution in [3.8, 4) is 11.6 Å². The van der Waals surface area contributed by atoms with Gasteiger partial charge in [0.1, 0.15) is 5.52 Å². The summed E-state index contributed by atoms with van der Waals surface area (Å²) in [5.41, 5.74) is 2.79. The number of hydrogen-bond acceptors (Lipinski definition) is 9. The van der Waals surface area contributed by atoms with Gasteiger partial charge in [-0.05, 0) is 62.3 Å². The van der Waals surface area contributed by atoms with Crippen LogP contribution >= 0.6 is 0 Å². The maximum atomic E-state index is 11.8. The van der Waals surface area contributed by atoms with Crippen molar-refractivity contribution in [1.29, 1.82) is 0 Å². The molecule has 0 spiro atoms. The van der Waals surface area contributed by atoms with Gasteiger partial charge in [0.25, 0.3) is 0 Å². The molecule has 0 amide bonds. The summed E-state index contributed by atoms with van der Waals surface area (Å²) < 4.78 is 13.2. The number of aromatic nitrogens is 6. The minimum absolute atomic E-state index is 0.141. The molecule has 3 fully saturated rings. The highest BCUT2D eigenvalue weighted by Gasteiger charge is 2.32. The Morgan fingerprint density at radius 2 is 1.88 bits per heavy atom. The number of rotatable bonds is 9. The van der Waals surface area contributed by atoms with Crippen molar-refractivity contribution in [3.05, 3.63) is 46.4 Å². The fourth-order valence-electron chi connectivity index (χ4n) is 6.97. The van der Waals surface area contributed by atoms with Gasteiger partial charge in [-0.1, -0.05) is 61.7 Å². The van der Waals surface area contributed by atoms with E-state index >= 15 is 0 Å². The summed E-state index contributed by atoms with van der Waals surface area (Å²) in [5.74, 6) is 3.46. The third-order valence-electron chi connectivity index (χ3n) is 9.83. The summed E-state index contributed by atoms with van der Waals surface area (Å²) in [4.78, 5) is 31.9. The van der Waals surface area contributed by atoms with Crippen LogP contribution in [-0.2, 0) is 17.7 Å². The fourth-order valence-corrected chi connectivity index (χ4v) is 6.97. The summed E-state index contributed by atoms with van der Waals surface area (Å²) >= 11 is 0. The standard InChI is InChI=1S/C32H42N8O3/c1-20-11-13-23(14-12-20)18-40-26-27(33-21(2)24-9-6-10-24)34-29(30-37-32(41)43-38-30)35-28(26)36-31(40)39-15-16-42-19-25(39)17-22-7-4-3-5-8-22/h3-5,7-8,20-21,23-25H,6,9-19H2,1-2H3,(H,33,34,35)(H,37,38,41)/t20-,21-,23-,25-/m1/s1. The Morgan fingerprint density at radius 3 is 2.60 bits per heavy atom. The molecule has 2 N–H and O–H groups in total. The number of aromatic amines is 1. The first-order valence-electron chi connectivity index (χ1n) is 16.0. The summed E-state index contributed by atoms with van der Waals surface area (Å²) in [6.45, 7) is 7.50. The second kappa shape index (κ2) is 12.1. The Bertz CT molecular complexity index is 1590. The number of fused-ring (bicyclic) bond motifs is 1. The molecule has 1 aliphatic heterocycles. The lowest BCUT2D eigenvalue weighted by Gasteiger charge is -2.37. The van der Waals surface area contributed by atoms with Crippen molar-refractivity contribution in [3.63, 3.8) is 0 Å². The first kappa shape index (κ1) is 28.1. The van der Waals surface area contributed by atoms with Crippen LogP contribution in [0.2, 0.25) is 0 Å². The van der Waals surface area contributed by atoms with Gasteiger partial charge in [0.05, 0.1) is 19.3 Å². The Balaban J connectivity index is 1.35. The molecule has 0 bridgehead atoms. The zero-order chi connectivity index (χ0) is 29.3. The summed E-state index contributed by atoms with van der Waals surface area (Å²) in [7, 11) is 0. The van der Waals surface area contributed by atoms with E-state index in [2.05, 4.69) is 69.1 Å². The van der Waals surface area contributed by atoms with Crippen molar-refractivity contribution >= 4 is 22.9 Å². The van der Waals surface area contributed by atoms with Gasteiger partial charge in [0.15, 0.2) is 11.5 Å². The lowest BCUT2D eigenvalue weighted by molar-refractivity contribution is 0.0927. The zero-order valence-corrected chi connectivity index (χ0v) is 25.2. The predicted molar refractivity (Wildman–Crippen MR) is 165 cm³/mol. The molecule has 2 aliphatic carbocycles. The molecule has 2 saturated carbocycles. The van der Waals surface area contributed by atoms with Crippen molar-refractivity contribution in [2.75, 3.05) is 30.0 Å². The highest BCUT2D eigenvalue weighted by Crippen LogP contribution is 2.37. The lowest BCUT2D eigenvalue weighted by atomic mass is 9.80. The molecule has 43 heavy (non-hydrogen) atoms. The van der Waals surface area contributed by atoms with Crippen LogP contribution in [0.1, 0.15) is 64.4 Å². The van der Waals surface area contributed by atoms with Crippen molar-refractivity contribution in [1.82, 2.24) is 29.7 Å². The smallest absolute Gasteiger partial charge is 0.377 e. The first-order chi connectivity index (χ1) is 21.0. The summed E-state index contributed by atoms with van der Waals surface area (Å²) in [6.07, 6.45) is 9.48. The van der Waals surface area contributed by atoms with Gasteiger partial charge < -0.3 is 19.5 Å². The molecular formula is C32H42N8O3. The second-order valence-corrected chi connectivity index (χ2v) is 12.9. The highest BCUT2D eigenvalue weighted by atomic mass is 16.5. The number of morpholine rings is 1. The van der Waals surface area contributed by atoms with Crippen molar-refractivity contribution in [2.45, 2.75) is 83.8 Å². The Kier molecular flexibility index (Phi) is 7.90. The summed E-state index contributed by atoms with van der Waals surface area (Å²) in [5, 5.41) is 7.65. The Labute approximate surface area is 251 Å². The number of hydrogen-bond donors (Lipinski definition) is 2. The number of nitrogens with one attached hydrogen (secondary N) is 2. The van der Waals surface area contributed by atoms with Crippen LogP contribution in [0.25, 0.3) is 22.8 Å². The Morgan fingerprint density at radius 1 is 1.07 bits per heavy atom. The SMILES string of the molecule is C[C@@H](Nc1nc(-c2noc(=O)[nH]2)nc2nc(N3CCOC[C@H]3Cc3ccccc3)n(C[C@H]3CC[C@H](C)CC3)c12)C1CCC1.